The monoisotopic (exact) mass is 310 g/mol. The third-order valence-electron chi connectivity index (χ3n) is 3.31. The maximum Gasteiger partial charge on any atom is 0.331 e. The van der Waals surface area contributed by atoms with Gasteiger partial charge >= 0.3 is 5.97 Å². The minimum Gasteiger partial charge on any atom is -0.451 e. The third-order valence-corrected chi connectivity index (χ3v) is 3.31. The predicted molar refractivity (Wildman–Crippen MR) is 75.3 cm³/mol. The summed E-state index contributed by atoms with van der Waals surface area (Å²) < 4.78 is 9.80. The largest absolute Gasteiger partial charge is 0.451 e. The number of aliphatic hydroxyl groups is 4. The quantitative estimate of drug-likeness (QED) is 0.418. The molecule has 1 aliphatic rings. The second-order valence-corrected chi connectivity index (χ2v) is 4.87. The molecule has 7 nitrogen and oxygen atoms in total. The van der Waals surface area contributed by atoms with E-state index in [0.717, 1.165) is 11.6 Å². The van der Waals surface area contributed by atoms with Gasteiger partial charge in [-0.2, -0.15) is 0 Å². The minimum absolute atomic E-state index is 0.580. The van der Waals surface area contributed by atoms with Crippen LogP contribution in [-0.2, 0) is 14.3 Å². The smallest absolute Gasteiger partial charge is 0.331 e. The number of benzene rings is 1. The summed E-state index contributed by atoms with van der Waals surface area (Å²) in [6.45, 7) is -0.580. The van der Waals surface area contributed by atoms with E-state index in [1.807, 2.05) is 6.07 Å². The Morgan fingerprint density at radius 1 is 1.18 bits per heavy atom. The molecule has 1 aromatic rings. The molecule has 0 saturated carbocycles. The fraction of sp³-hybridized carbons (Fsp3) is 0.400. The van der Waals surface area contributed by atoms with E-state index in [2.05, 4.69) is 0 Å². The van der Waals surface area contributed by atoms with Crippen molar-refractivity contribution >= 4 is 12.0 Å². The standard InChI is InChI=1S/C15H18O7/c16-8-10-12(18)13(19)14(15(20)21-10)22-11(17)7-6-9-4-2-1-3-5-9/h1-7,10,12-16,18-20H,8H2/b7-6+/t10-,12-,13+,14-,15-/m1/s1. The highest BCUT2D eigenvalue weighted by Crippen LogP contribution is 2.22. The van der Waals surface area contributed by atoms with E-state index in [0.29, 0.717) is 0 Å². The number of aliphatic hydroxyl groups excluding tert-OH is 4. The fourth-order valence-corrected chi connectivity index (χ4v) is 2.10. The molecule has 1 saturated heterocycles. The zero-order valence-corrected chi connectivity index (χ0v) is 11.6. The highest BCUT2D eigenvalue weighted by atomic mass is 16.7. The maximum absolute atomic E-state index is 11.7. The Morgan fingerprint density at radius 3 is 2.50 bits per heavy atom. The number of hydrogen-bond donors (Lipinski definition) is 4. The summed E-state index contributed by atoms with van der Waals surface area (Å²) in [5.41, 5.74) is 0.779. The molecule has 0 bridgehead atoms. The molecule has 0 aromatic heterocycles. The topological polar surface area (TPSA) is 116 Å². The molecule has 0 radical (unpaired) electrons. The number of ether oxygens (including phenoxy) is 2. The van der Waals surface area contributed by atoms with Gasteiger partial charge in [0.15, 0.2) is 12.4 Å². The summed E-state index contributed by atoms with van der Waals surface area (Å²) in [6.07, 6.45) is -4.59. The van der Waals surface area contributed by atoms with E-state index < -0.39 is 43.3 Å². The average Bonchev–Trinajstić information content (AvgIpc) is 2.54. The Kier molecular flexibility index (Phi) is 5.64. The highest BCUT2D eigenvalue weighted by molar-refractivity contribution is 5.87. The zero-order valence-electron chi connectivity index (χ0n) is 11.6. The average molecular weight is 310 g/mol. The van der Waals surface area contributed by atoms with Gasteiger partial charge in [0.1, 0.15) is 18.3 Å². The first-order chi connectivity index (χ1) is 10.5. The summed E-state index contributed by atoms with van der Waals surface area (Å²) in [5, 5.41) is 38.2. The fourth-order valence-electron chi connectivity index (χ4n) is 2.10. The van der Waals surface area contributed by atoms with Crippen LogP contribution >= 0.6 is 0 Å². The van der Waals surface area contributed by atoms with Gasteiger partial charge < -0.3 is 29.9 Å². The van der Waals surface area contributed by atoms with Gasteiger partial charge in [-0.1, -0.05) is 30.3 Å². The molecule has 5 atom stereocenters. The molecule has 0 aliphatic carbocycles. The van der Waals surface area contributed by atoms with Crippen LogP contribution < -0.4 is 0 Å². The number of rotatable bonds is 4. The number of esters is 1. The molecule has 2 rings (SSSR count). The molecule has 0 amide bonds. The summed E-state index contributed by atoms with van der Waals surface area (Å²) in [4.78, 5) is 11.7. The Balaban J connectivity index is 1.97. The van der Waals surface area contributed by atoms with Crippen molar-refractivity contribution in [2.75, 3.05) is 6.61 Å². The molecular weight excluding hydrogens is 292 g/mol. The van der Waals surface area contributed by atoms with Crippen LogP contribution in [0.1, 0.15) is 5.56 Å². The van der Waals surface area contributed by atoms with E-state index in [9.17, 15) is 20.1 Å². The molecule has 1 aromatic carbocycles. The first kappa shape index (κ1) is 16.6. The van der Waals surface area contributed by atoms with Crippen LogP contribution in [0, 0.1) is 0 Å². The lowest BCUT2D eigenvalue weighted by Crippen LogP contribution is -2.59. The number of carbonyl (C=O) groups excluding carboxylic acids is 1. The van der Waals surface area contributed by atoms with E-state index in [4.69, 9.17) is 14.6 Å². The van der Waals surface area contributed by atoms with Crippen LogP contribution in [-0.4, -0.2) is 63.7 Å². The van der Waals surface area contributed by atoms with Crippen molar-refractivity contribution in [1.29, 1.82) is 0 Å². The van der Waals surface area contributed by atoms with Crippen molar-refractivity contribution in [2.45, 2.75) is 30.7 Å². The van der Waals surface area contributed by atoms with E-state index in [1.165, 1.54) is 6.08 Å². The van der Waals surface area contributed by atoms with Gasteiger partial charge in [-0.25, -0.2) is 4.79 Å². The first-order valence-corrected chi connectivity index (χ1v) is 6.77. The second-order valence-electron chi connectivity index (χ2n) is 4.87. The summed E-state index contributed by atoms with van der Waals surface area (Å²) in [6, 6.07) is 9.01. The van der Waals surface area contributed by atoms with Gasteiger partial charge in [0.2, 0.25) is 0 Å². The van der Waals surface area contributed by atoms with Crippen molar-refractivity contribution in [3.05, 3.63) is 42.0 Å². The molecule has 4 N–H and O–H groups in total. The lowest BCUT2D eigenvalue weighted by atomic mass is 9.99. The predicted octanol–water partition coefficient (Wildman–Crippen LogP) is -0.957. The van der Waals surface area contributed by atoms with E-state index in [-0.39, 0.29) is 0 Å². The van der Waals surface area contributed by atoms with Crippen molar-refractivity contribution in [2.24, 2.45) is 0 Å². The third kappa shape index (κ3) is 3.90. The summed E-state index contributed by atoms with van der Waals surface area (Å²) >= 11 is 0. The second kappa shape index (κ2) is 7.48. The van der Waals surface area contributed by atoms with Crippen molar-refractivity contribution in [3.8, 4) is 0 Å². The molecule has 22 heavy (non-hydrogen) atoms. The normalized spacial score (nSPS) is 32.1. The highest BCUT2D eigenvalue weighted by Gasteiger charge is 2.45. The van der Waals surface area contributed by atoms with E-state index >= 15 is 0 Å². The van der Waals surface area contributed by atoms with Gasteiger partial charge in [-0.05, 0) is 11.6 Å². The molecule has 1 heterocycles. The Morgan fingerprint density at radius 2 is 1.86 bits per heavy atom. The van der Waals surface area contributed by atoms with Gasteiger partial charge in [-0.15, -0.1) is 0 Å². The molecule has 1 aliphatic heterocycles. The SMILES string of the molecule is O=C(/C=C/c1ccccc1)O[C@@H]1[C@@H](O)[C@H](O)[C@@H](CO)O[C@H]1O. The maximum atomic E-state index is 11.7. The lowest BCUT2D eigenvalue weighted by Gasteiger charge is -2.39. The van der Waals surface area contributed by atoms with Crippen molar-refractivity contribution in [3.63, 3.8) is 0 Å². The number of carbonyl (C=O) groups is 1. The lowest BCUT2D eigenvalue weighted by molar-refractivity contribution is -0.289. The zero-order chi connectivity index (χ0) is 16.1. The van der Waals surface area contributed by atoms with Crippen LogP contribution in [0.3, 0.4) is 0 Å². The number of hydrogen-bond acceptors (Lipinski definition) is 7. The van der Waals surface area contributed by atoms with Crippen molar-refractivity contribution in [1.82, 2.24) is 0 Å². The van der Waals surface area contributed by atoms with Crippen molar-refractivity contribution < 1.29 is 34.7 Å². The van der Waals surface area contributed by atoms with Gasteiger partial charge in [0.25, 0.3) is 0 Å². The molecule has 0 unspecified atom stereocenters. The van der Waals surface area contributed by atoms with Crippen LogP contribution in [0.15, 0.2) is 36.4 Å². The van der Waals surface area contributed by atoms with Crippen LogP contribution in [0.2, 0.25) is 0 Å². The summed E-state index contributed by atoms with van der Waals surface area (Å²) in [5.74, 6) is -0.801. The van der Waals surface area contributed by atoms with Crippen LogP contribution in [0.4, 0.5) is 0 Å². The van der Waals surface area contributed by atoms with Gasteiger partial charge in [-0.3, -0.25) is 0 Å². The molecular formula is C15H18O7. The van der Waals surface area contributed by atoms with Crippen LogP contribution in [0.25, 0.3) is 6.08 Å². The van der Waals surface area contributed by atoms with Crippen LogP contribution in [0.5, 0.6) is 0 Å². The Hall–Kier alpha value is -1.77. The van der Waals surface area contributed by atoms with Gasteiger partial charge in [0.05, 0.1) is 6.61 Å². The molecule has 0 spiro atoms. The molecule has 1 fully saturated rings. The van der Waals surface area contributed by atoms with E-state index in [1.54, 1.807) is 24.3 Å². The Labute approximate surface area is 127 Å². The minimum atomic E-state index is -1.63. The Bertz CT molecular complexity index is 516. The first-order valence-electron chi connectivity index (χ1n) is 6.77. The van der Waals surface area contributed by atoms with Gasteiger partial charge in [0, 0.05) is 6.08 Å². The molecule has 120 valence electrons. The summed E-state index contributed by atoms with van der Waals surface area (Å²) in [7, 11) is 0. The molecule has 7 heteroatoms.